The van der Waals surface area contributed by atoms with E-state index in [1.807, 2.05) is 37.4 Å². The highest BCUT2D eigenvalue weighted by Crippen LogP contribution is 2.27. The van der Waals surface area contributed by atoms with E-state index < -0.39 is 0 Å². The average Bonchev–Trinajstić information content (AvgIpc) is 2.77. The maximum atomic E-state index is 5.93. The van der Waals surface area contributed by atoms with Crippen LogP contribution in [0.4, 0.5) is 0 Å². The highest BCUT2D eigenvalue weighted by Gasteiger charge is 2.12. The van der Waals surface area contributed by atoms with Crippen molar-refractivity contribution in [2.24, 2.45) is 0 Å². The van der Waals surface area contributed by atoms with Gasteiger partial charge in [0.15, 0.2) is 0 Å². The average molecular weight is 302 g/mol. The number of halogens is 2. The molecule has 0 amide bonds. The Bertz CT molecular complexity index is 515. The lowest BCUT2D eigenvalue weighted by Crippen LogP contribution is -2.22. The summed E-state index contributed by atoms with van der Waals surface area (Å²) in [6.07, 6.45) is 0. The normalized spacial score (nSPS) is 12.4. The lowest BCUT2D eigenvalue weighted by atomic mass is 10.2. The van der Waals surface area contributed by atoms with Crippen LogP contribution in [0, 0.1) is 0 Å². The summed E-state index contributed by atoms with van der Waals surface area (Å²) < 4.78 is 6.51. The van der Waals surface area contributed by atoms with E-state index in [0.717, 1.165) is 15.0 Å². The molecule has 18 heavy (non-hydrogen) atoms. The first kappa shape index (κ1) is 13.7. The second kappa shape index (κ2) is 6.43. The van der Waals surface area contributed by atoms with E-state index >= 15 is 0 Å². The summed E-state index contributed by atoms with van der Waals surface area (Å²) in [5.41, 5.74) is 0. The fourth-order valence-electron chi connectivity index (χ4n) is 1.56. The first-order chi connectivity index (χ1) is 8.69. The van der Waals surface area contributed by atoms with Gasteiger partial charge in [0.25, 0.3) is 0 Å². The van der Waals surface area contributed by atoms with Gasteiger partial charge in [0, 0.05) is 9.90 Å². The number of nitrogens with one attached hydrogen (secondary N) is 1. The number of hydrogen-bond donors (Lipinski definition) is 1. The highest BCUT2D eigenvalue weighted by molar-refractivity contribution is 7.16. The minimum atomic E-state index is 0.126. The van der Waals surface area contributed by atoms with Crippen LogP contribution in [-0.4, -0.2) is 13.7 Å². The molecule has 0 spiro atoms. The fraction of sp³-hybridized carbons (Fsp3) is 0.231. The van der Waals surface area contributed by atoms with Crippen molar-refractivity contribution in [2.45, 2.75) is 6.04 Å². The van der Waals surface area contributed by atoms with Crippen molar-refractivity contribution in [2.75, 3.05) is 13.7 Å². The van der Waals surface area contributed by atoms with Gasteiger partial charge in [-0.25, -0.2) is 0 Å². The van der Waals surface area contributed by atoms with E-state index in [1.54, 1.807) is 17.4 Å². The number of rotatable bonds is 5. The van der Waals surface area contributed by atoms with Gasteiger partial charge in [0.1, 0.15) is 12.4 Å². The largest absolute Gasteiger partial charge is 0.492 e. The molecular formula is C13H13Cl2NOS. The molecular weight excluding hydrogens is 289 g/mol. The Kier molecular flexibility index (Phi) is 4.89. The molecule has 0 bridgehead atoms. The number of thiophene rings is 1. The van der Waals surface area contributed by atoms with Crippen LogP contribution in [0.3, 0.4) is 0 Å². The summed E-state index contributed by atoms with van der Waals surface area (Å²) in [7, 11) is 1.90. The number of benzene rings is 1. The van der Waals surface area contributed by atoms with Crippen molar-refractivity contribution in [3.63, 3.8) is 0 Å². The SMILES string of the molecule is CNC(COc1cccc(Cl)c1)c1ccc(Cl)s1. The Balaban J connectivity index is 1.99. The molecule has 1 aromatic carbocycles. The van der Waals surface area contributed by atoms with E-state index in [2.05, 4.69) is 5.32 Å². The van der Waals surface area contributed by atoms with Gasteiger partial charge in [-0.2, -0.15) is 0 Å². The fourth-order valence-corrected chi connectivity index (χ4v) is 2.90. The lowest BCUT2D eigenvalue weighted by Gasteiger charge is -2.15. The zero-order valence-electron chi connectivity index (χ0n) is 9.82. The predicted octanol–water partition coefficient (Wildman–Crippen LogP) is 4.39. The van der Waals surface area contributed by atoms with Crippen molar-refractivity contribution in [3.8, 4) is 5.75 Å². The predicted molar refractivity (Wildman–Crippen MR) is 78.1 cm³/mol. The molecule has 1 N–H and O–H groups in total. The molecule has 96 valence electrons. The molecule has 0 aliphatic rings. The maximum Gasteiger partial charge on any atom is 0.120 e. The first-order valence-electron chi connectivity index (χ1n) is 5.50. The van der Waals surface area contributed by atoms with Gasteiger partial charge >= 0.3 is 0 Å². The first-order valence-corrected chi connectivity index (χ1v) is 7.07. The third-order valence-electron chi connectivity index (χ3n) is 2.50. The Morgan fingerprint density at radius 3 is 2.72 bits per heavy atom. The summed E-state index contributed by atoms with van der Waals surface area (Å²) >= 11 is 13.4. The van der Waals surface area contributed by atoms with Gasteiger partial charge < -0.3 is 10.1 Å². The smallest absolute Gasteiger partial charge is 0.120 e. The third-order valence-corrected chi connectivity index (χ3v) is 4.08. The number of ether oxygens (including phenoxy) is 1. The van der Waals surface area contributed by atoms with Gasteiger partial charge in [-0.3, -0.25) is 0 Å². The van der Waals surface area contributed by atoms with Gasteiger partial charge in [0.05, 0.1) is 10.4 Å². The summed E-state index contributed by atoms with van der Waals surface area (Å²) in [5, 5.41) is 3.88. The molecule has 2 rings (SSSR count). The van der Waals surface area contributed by atoms with Crippen molar-refractivity contribution in [1.82, 2.24) is 5.32 Å². The maximum absolute atomic E-state index is 5.93. The van der Waals surface area contributed by atoms with Crippen molar-refractivity contribution >= 4 is 34.5 Å². The minimum absolute atomic E-state index is 0.126. The molecule has 0 radical (unpaired) electrons. The van der Waals surface area contributed by atoms with E-state index in [4.69, 9.17) is 27.9 Å². The Morgan fingerprint density at radius 1 is 1.28 bits per heavy atom. The molecule has 1 atom stereocenters. The molecule has 0 saturated carbocycles. The molecule has 0 aliphatic carbocycles. The van der Waals surface area contributed by atoms with E-state index in [9.17, 15) is 0 Å². The van der Waals surface area contributed by atoms with E-state index in [0.29, 0.717) is 11.6 Å². The summed E-state index contributed by atoms with van der Waals surface area (Å²) in [6.45, 7) is 0.535. The van der Waals surface area contributed by atoms with Gasteiger partial charge in [0.2, 0.25) is 0 Å². The molecule has 1 aromatic heterocycles. The van der Waals surface area contributed by atoms with Crippen LogP contribution in [-0.2, 0) is 0 Å². The molecule has 2 nitrogen and oxygen atoms in total. The van der Waals surface area contributed by atoms with Gasteiger partial charge in [-0.15, -0.1) is 11.3 Å². The van der Waals surface area contributed by atoms with Crippen LogP contribution < -0.4 is 10.1 Å². The molecule has 0 fully saturated rings. The van der Waals surface area contributed by atoms with Crippen LogP contribution >= 0.6 is 34.5 Å². The molecule has 0 saturated heterocycles. The standard InChI is InChI=1S/C13H13Cl2NOS/c1-16-11(12-5-6-13(15)18-12)8-17-10-4-2-3-9(14)7-10/h2-7,11,16H,8H2,1H3. The zero-order valence-corrected chi connectivity index (χ0v) is 12.1. The van der Waals surface area contributed by atoms with Crippen LogP contribution in [0.15, 0.2) is 36.4 Å². The van der Waals surface area contributed by atoms with Crippen molar-refractivity contribution < 1.29 is 4.74 Å². The highest BCUT2D eigenvalue weighted by atomic mass is 35.5. The molecule has 2 aromatic rings. The topological polar surface area (TPSA) is 21.3 Å². The van der Waals surface area contributed by atoms with Crippen LogP contribution in [0.1, 0.15) is 10.9 Å². The van der Waals surface area contributed by atoms with Crippen LogP contribution in [0.25, 0.3) is 0 Å². The second-order valence-electron chi connectivity index (χ2n) is 3.75. The summed E-state index contributed by atoms with van der Waals surface area (Å²) in [6, 6.07) is 11.4. The molecule has 0 aliphatic heterocycles. The molecule has 1 heterocycles. The minimum Gasteiger partial charge on any atom is -0.492 e. The summed E-state index contributed by atoms with van der Waals surface area (Å²) in [4.78, 5) is 1.16. The second-order valence-corrected chi connectivity index (χ2v) is 5.93. The Hall–Kier alpha value is -0.740. The Labute approximate surface area is 120 Å². The van der Waals surface area contributed by atoms with E-state index in [1.165, 1.54) is 0 Å². The van der Waals surface area contributed by atoms with Gasteiger partial charge in [-0.1, -0.05) is 29.3 Å². The number of likely N-dealkylation sites (N-methyl/N-ethyl adjacent to an activating group) is 1. The molecule has 5 heteroatoms. The molecule has 1 unspecified atom stereocenters. The monoisotopic (exact) mass is 301 g/mol. The quantitative estimate of drug-likeness (QED) is 0.884. The Morgan fingerprint density at radius 2 is 2.11 bits per heavy atom. The van der Waals surface area contributed by atoms with Gasteiger partial charge in [-0.05, 0) is 37.4 Å². The van der Waals surface area contributed by atoms with E-state index in [-0.39, 0.29) is 6.04 Å². The zero-order chi connectivity index (χ0) is 13.0. The van der Waals surface area contributed by atoms with Crippen LogP contribution in [0.5, 0.6) is 5.75 Å². The summed E-state index contributed by atoms with van der Waals surface area (Å²) in [5.74, 6) is 0.769. The van der Waals surface area contributed by atoms with Crippen molar-refractivity contribution in [3.05, 3.63) is 50.6 Å². The third kappa shape index (κ3) is 3.62. The lowest BCUT2D eigenvalue weighted by molar-refractivity contribution is 0.275. The van der Waals surface area contributed by atoms with Crippen molar-refractivity contribution in [1.29, 1.82) is 0 Å². The van der Waals surface area contributed by atoms with Crippen LogP contribution in [0.2, 0.25) is 9.36 Å². The number of hydrogen-bond acceptors (Lipinski definition) is 3.